The minimum absolute atomic E-state index is 0.00364. The van der Waals surface area contributed by atoms with Crippen LogP contribution in [-0.4, -0.2) is 22.3 Å². The molecule has 0 atom stereocenters. The van der Waals surface area contributed by atoms with Crippen LogP contribution in [0, 0.1) is 0 Å². The Balaban J connectivity index is 1.48. The van der Waals surface area contributed by atoms with Gasteiger partial charge in [0.15, 0.2) is 5.58 Å². The Morgan fingerprint density at radius 2 is 1.89 bits per heavy atom. The quantitative estimate of drug-likeness (QED) is 0.492. The number of hydrogen-bond acceptors (Lipinski definition) is 5. The predicted molar refractivity (Wildman–Crippen MR) is 100 cm³/mol. The van der Waals surface area contributed by atoms with Crippen LogP contribution in [0.5, 0.6) is 5.75 Å². The van der Waals surface area contributed by atoms with Crippen LogP contribution in [0.25, 0.3) is 22.2 Å². The lowest BCUT2D eigenvalue weighted by Gasteiger charge is -2.06. The second-order valence-corrected chi connectivity index (χ2v) is 6.35. The van der Waals surface area contributed by atoms with E-state index in [1.807, 2.05) is 36.4 Å². The van der Waals surface area contributed by atoms with Gasteiger partial charge in [0, 0.05) is 18.2 Å². The summed E-state index contributed by atoms with van der Waals surface area (Å²) in [6.07, 6.45) is 3.50. The first-order valence-corrected chi connectivity index (χ1v) is 8.62. The maximum atomic E-state index is 12.4. The molecule has 0 fully saturated rings. The van der Waals surface area contributed by atoms with Crippen LogP contribution in [0.15, 0.2) is 70.3 Å². The van der Waals surface area contributed by atoms with Gasteiger partial charge < -0.3 is 9.15 Å². The molecule has 2 aromatic carbocycles. The number of halogens is 2. The minimum Gasteiger partial charge on any atom is -0.435 e. The SMILES string of the molecule is FC(F)Oc1cncc(-c2ccc3nc(C4=Nc5ccccc5C4)oc3c2)c1. The van der Waals surface area contributed by atoms with E-state index < -0.39 is 6.61 Å². The number of oxazole rings is 1. The summed E-state index contributed by atoms with van der Waals surface area (Å²) in [5.41, 5.74) is 5.55. The summed E-state index contributed by atoms with van der Waals surface area (Å²) in [5, 5.41) is 0. The van der Waals surface area contributed by atoms with Crippen LogP contribution in [0.3, 0.4) is 0 Å². The number of alkyl halides is 2. The van der Waals surface area contributed by atoms with E-state index in [0.29, 0.717) is 29.0 Å². The van der Waals surface area contributed by atoms with Gasteiger partial charge >= 0.3 is 6.61 Å². The fraction of sp³-hybridized carbons (Fsp3) is 0.0952. The lowest BCUT2D eigenvalue weighted by molar-refractivity contribution is -0.0500. The summed E-state index contributed by atoms with van der Waals surface area (Å²) in [6, 6.07) is 14.9. The third kappa shape index (κ3) is 3.00. The summed E-state index contributed by atoms with van der Waals surface area (Å²) in [4.78, 5) is 13.1. The third-order valence-electron chi connectivity index (χ3n) is 4.51. The van der Waals surface area contributed by atoms with Gasteiger partial charge in [0.25, 0.3) is 0 Å². The Morgan fingerprint density at radius 3 is 2.75 bits per heavy atom. The Morgan fingerprint density at radius 1 is 1.00 bits per heavy atom. The second kappa shape index (κ2) is 6.53. The number of benzene rings is 2. The van der Waals surface area contributed by atoms with Gasteiger partial charge in [0.2, 0.25) is 5.89 Å². The van der Waals surface area contributed by atoms with Crippen LogP contribution in [-0.2, 0) is 6.42 Å². The maximum Gasteiger partial charge on any atom is 0.387 e. The predicted octanol–water partition coefficient (Wildman–Crippen LogP) is 5.17. The molecule has 1 aliphatic heterocycles. The summed E-state index contributed by atoms with van der Waals surface area (Å²) in [7, 11) is 0. The summed E-state index contributed by atoms with van der Waals surface area (Å²) in [5.74, 6) is 0.486. The molecule has 4 aromatic rings. The van der Waals surface area contributed by atoms with Crippen molar-refractivity contribution in [2.45, 2.75) is 13.0 Å². The van der Waals surface area contributed by atoms with Crippen LogP contribution in [0.2, 0.25) is 0 Å². The molecular weight excluding hydrogens is 364 g/mol. The van der Waals surface area contributed by atoms with Gasteiger partial charge in [-0.1, -0.05) is 24.3 Å². The molecule has 0 unspecified atom stereocenters. The van der Waals surface area contributed by atoms with E-state index in [2.05, 4.69) is 19.7 Å². The van der Waals surface area contributed by atoms with Gasteiger partial charge in [-0.2, -0.15) is 8.78 Å². The van der Waals surface area contributed by atoms with Crippen molar-refractivity contribution in [2.75, 3.05) is 0 Å². The number of rotatable bonds is 4. The Labute approximate surface area is 158 Å². The molecule has 0 N–H and O–H groups in total. The lowest BCUT2D eigenvalue weighted by atomic mass is 10.1. The largest absolute Gasteiger partial charge is 0.435 e. The fourth-order valence-electron chi connectivity index (χ4n) is 3.23. The molecule has 0 saturated carbocycles. The number of aromatic nitrogens is 2. The fourth-order valence-corrected chi connectivity index (χ4v) is 3.23. The van der Waals surface area contributed by atoms with Crippen molar-refractivity contribution in [3.8, 4) is 16.9 Å². The molecule has 0 bridgehead atoms. The first-order chi connectivity index (χ1) is 13.7. The van der Waals surface area contributed by atoms with Gasteiger partial charge in [0.05, 0.1) is 11.9 Å². The molecule has 0 radical (unpaired) electrons. The number of pyridine rings is 1. The first-order valence-electron chi connectivity index (χ1n) is 8.62. The van der Waals surface area contributed by atoms with Gasteiger partial charge in [-0.05, 0) is 35.4 Å². The molecule has 7 heteroatoms. The van der Waals surface area contributed by atoms with Crippen molar-refractivity contribution in [1.29, 1.82) is 0 Å². The highest BCUT2D eigenvalue weighted by Gasteiger charge is 2.20. The summed E-state index contributed by atoms with van der Waals surface area (Å²) < 4.78 is 35.2. The zero-order valence-corrected chi connectivity index (χ0v) is 14.5. The third-order valence-corrected chi connectivity index (χ3v) is 4.51. The summed E-state index contributed by atoms with van der Waals surface area (Å²) in [6.45, 7) is -2.90. The molecule has 2 aromatic heterocycles. The highest BCUT2D eigenvalue weighted by Crippen LogP contribution is 2.31. The monoisotopic (exact) mass is 377 g/mol. The molecule has 1 aliphatic rings. The van der Waals surface area contributed by atoms with Gasteiger partial charge in [-0.15, -0.1) is 0 Å². The van der Waals surface area contributed by atoms with E-state index in [0.717, 1.165) is 22.5 Å². The minimum atomic E-state index is -2.90. The van der Waals surface area contributed by atoms with E-state index in [1.165, 1.54) is 12.3 Å². The highest BCUT2D eigenvalue weighted by molar-refractivity contribution is 6.04. The highest BCUT2D eigenvalue weighted by atomic mass is 19.3. The van der Waals surface area contributed by atoms with Crippen LogP contribution in [0.4, 0.5) is 14.5 Å². The van der Waals surface area contributed by atoms with Crippen LogP contribution in [0.1, 0.15) is 11.5 Å². The smallest absolute Gasteiger partial charge is 0.387 e. The van der Waals surface area contributed by atoms with E-state index in [9.17, 15) is 8.78 Å². The standard InChI is InChI=1S/C21H13F2N3O2/c22-21(23)27-15-7-14(10-24-11-15)12-5-6-17-19(9-12)28-20(26-17)18-8-13-3-1-2-4-16(13)25-18/h1-7,9-11,21H,8H2. The van der Waals surface area contributed by atoms with Crippen molar-refractivity contribution in [3.05, 3.63) is 72.4 Å². The summed E-state index contributed by atoms with van der Waals surface area (Å²) >= 11 is 0. The molecule has 28 heavy (non-hydrogen) atoms. The van der Waals surface area contributed by atoms with E-state index >= 15 is 0 Å². The van der Waals surface area contributed by atoms with Crippen molar-refractivity contribution in [3.63, 3.8) is 0 Å². The van der Waals surface area contributed by atoms with Crippen molar-refractivity contribution in [2.24, 2.45) is 4.99 Å². The first kappa shape index (κ1) is 16.6. The van der Waals surface area contributed by atoms with E-state index in [4.69, 9.17) is 4.42 Å². The Bertz CT molecular complexity index is 1220. The molecule has 3 heterocycles. The molecular formula is C21H13F2N3O2. The van der Waals surface area contributed by atoms with Gasteiger partial charge in [-0.3, -0.25) is 4.98 Å². The van der Waals surface area contributed by atoms with Crippen molar-refractivity contribution < 1.29 is 17.9 Å². The zero-order valence-electron chi connectivity index (χ0n) is 14.5. The van der Waals surface area contributed by atoms with Crippen molar-refractivity contribution >= 4 is 22.5 Å². The number of para-hydroxylation sites is 1. The number of hydrogen-bond donors (Lipinski definition) is 0. The average Bonchev–Trinajstić information content (AvgIpc) is 3.31. The molecule has 0 spiro atoms. The normalized spacial score (nSPS) is 13.0. The van der Waals surface area contributed by atoms with Gasteiger partial charge in [-0.25, -0.2) is 9.98 Å². The second-order valence-electron chi connectivity index (χ2n) is 6.35. The zero-order chi connectivity index (χ0) is 19.1. The number of nitrogens with zero attached hydrogens (tertiary/aromatic N) is 3. The Kier molecular flexibility index (Phi) is 3.86. The lowest BCUT2D eigenvalue weighted by Crippen LogP contribution is -2.02. The molecule has 5 rings (SSSR count). The number of fused-ring (bicyclic) bond motifs is 2. The number of ether oxygens (including phenoxy) is 1. The molecule has 0 aliphatic carbocycles. The average molecular weight is 377 g/mol. The topological polar surface area (TPSA) is 60.5 Å². The van der Waals surface area contributed by atoms with Crippen molar-refractivity contribution in [1.82, 2.24) is 9.97 Å². The van der Waals surface area contributed by atoms with Crippen LogP contribution >= 0.6 is 0 Å². The van der Waals surface area contributed by atoms with Gasteiger partial charge in [0.1, 0.15) is 17.0 Å². The molecule has 0 amide bonds. The van der Waals surface area contributed by atoms with E-state index in [-0.39, 0.29) is 5.75 Å². The van der Waals surface area contributed by atoms with Crippen LogP contribution < -0.4 is 4.74 Å². The number of aliphatic imine (C=N–C) groups is 1. The Hall–Kier alpha value is -3.61. The molecule has 0 saturated heterocycles. The maximum absolute atomic E-state index is 12.4. The molecule has 5 nitrogen and oxygen atoms in total. The molecule has 138 valence electrons. The van der Waals surface area contributed by atoms with E-state index in [1.54, 1.807) is 12.3 Å².